The number of fused-ring (bicyclic) bond motifs is 6. The Morgan fingerprint density at radius 2 is 0.745 bits per heavy atom. The van der Waals surface area contributed by atoms with Crippen LogP contribution < -0.4 is 16.4 Å². The first-order valence-corrected chi connectivity index (χ1v) is 31.4. The van der Waals surface area contributed by atoms with E-state index in [9.17, 15) is 27.6 Å². The molecule has 15 aromatic rings. The molecule has 9 aromatic heterocycles. The molecule has 16 nitrogen and oxygen atoms in total. The number of aromatic nitrogens is 9. The van der Waals surface area contributed by atoms with Gasteiger partial charge in [0.05, 0.1) is 37.2 Å². The molecule has 98 heavy (non-hydrogen) atoms. The third-order valence-corrected chi connectivity index (χ3v) is 16.4. The Hall–Kier alpha value is -11.4. The van der Waals surface area contributed by atoms with E-state index in [0.717, 1.165) is 93.5 Å². The van der Waals surface area contributed by atoms with Crippen LogP contribution in [0.15, 0.2) is 220 Å². The molecule has 0 saturated carbocycles. The summed E-state index contributed by atoms with van der Waals surface area (Å²) in [5, 5.41) is 22.0. The van der Waals surface area contributed by atoms with Crippen LogP contribution in [0, 0.1) is 17.5 Å². The standard InChI is InChI=1S/2C25H18ClFN4O.C16H11ClN2O2.C9H9FN2.CH4/c2*26-20-10-18-7-15(1-2-23(18)30-14-20)8-21-11-17(4-5-28-21)25(32)31-13-19-9-16-3-6-29-24(16)12-22(19)27;17-13-7-12-5-10(1-2-15(12)19-9-13)6-14-8-11(16(20)21)3-4-18-14;10-8-4-9-6(1-2-12-9)3-7(8)5-11;/h2*1-7,9-12,14,29H,8,13H2,(H,31,32);1-5,7-9H,6H2,(H,20,21);1-4,12H,5,11H2;1H4. The Morgan fingerprint density at radius 3 is 1.10 bits per heavy atom. The highest BCUT2D eigenvalue weighted by molar-refractivity contribution is 6.31. The minimum Gasteiger partial charge on any atom is -0.478 e. The molecule has 0 bridgehead atoms. The molecule has 490 valence electrons. The van der Waals surface area contributed by atoms with Crippen molar-refractivity contribution in [3.8, 4) is 0 Å². The molecule has 0 aliphatic carbocycles. The lowest BCUT2D eigenvalue weighted by Gasteiger charge is -2.09. The van der Waals surface area contributed by atoms with Gasteiger partial charge >= 0.3 is 5.97 Å². The summed E-state index contributed by atoms with van der Waals surface area (Å²) in [6, 6.07) is 48.4. The molecule has 6 aromatic carbocycles. The van der Waals surface area contributed by atoms with Crippen molar-refractivity contribution in [3.05, 3.63) is 319 Å². The molecule has 0 aliphatic rings. The molecule has 0 spiro atoms. The van der Waals surface area contributed by atoms with E-state index in [1.165, 1.54) is 30.5 Å². The fraction of sp³-hybridized carbons (Fsp3) is 0.0921. The van der Waals surface area contributed by atoms with Gasteiger partial charge in [-0.15, -0.1) is 0 Å². The number of hydrogen-bond donors (Lipinski definition) is 7. The maximum absolute atomic E-state index is 14.3. The number of aromatic carboxylic acids is 1. The summed E-state index contributed by atoms with van der Waals surface area (Å²) in [4.78, 5) is 71.0. The number of carboxylic acids is 1. The molecule has 15 rings (SSSR count). The number of nitrogens with one attached hydrogen (secondary N) is 5. The summed E-state index contributed by atoms with van der Waals surface area (Å²) >= 11 is 18.0. The van der Waals surface area contributed by atoms with E-state index in [1.807, 2.05) is 91.0 Å². The fourth-order valence-electron chi connectivity index (χ4n) is 10.9. The summed E-state index contributed by atoms with van der Waals surface area (Å²) in [7, 11) is 0. The van der Waals surface area contributed by atoms with Gasteiger partial charge < -0.3 is 36.4 Å². The summed E-state index contributed by atoms with van der Waals surface area (Å²) in [6.45, 7) is 0.441. The number of halogens is 6. The monoisotopic (exact) mass is 1370 g/mol. The molecular weight excluding hydrogens is 1310 g/mol. The molecule has 2 amide bonds. The van der Waals surface area contributed by atoms with E-state index >= 15 is 0 Å². The third kappa shape index (κ3) is 17.0. The van der Waals surface area contributed by atoms with Crippen LogP contribution in [0.4, 0.5) is 13.2 Å². The van der Waals surface area contributed by atoms with Crippen LogP contribution in [-0.2, 0) is 38.9 Å². The van der Waals surface area contributed by atoms with Gasteiger partial charge in [0, 0.05) is 172 Å². The number of aromatic amines is 3. The number of carboxylic acid groups (broad SMARTS) is 1. The van der Waals surface area contributed by atoms with Crippen molar-refractivity contribution in [2.24, 2.45) is 5.73 Å². The van der Waals surface area contributed by atoms with Gasteiger partial charge in [-0.05, 0) is 178 Å². The number of hydrogen-bond acceptors (Lipinski definition) is 10. The number of benzene rings is 6. The van der Waals surface area contributed by atoms with E-state index in [4.69, 9.17) is 45.6 Å². The van der Waals surface area contributed by atoms with Crippen molar-refractivity contribution in [2.75, 3.05) is 0 Å². The van der Waals surface area contributed by atoms with Gasteiger partial charge in [0.15, 0.2) is 0 Å². The lowest BCUT2D eigenvalue weighted by atomic mass is 10.0. The Bertz CT molecular complexity index is 5210. The van der Waals surface area contributed by atoms with Crippen LogP contribution in [-0.4, -0.2) is 67.7 Å². The largest absolute Gasteiger partial charge is 0.478 e. The molecule has 8 N–H and O–H groups in total. The van der Waals surface area contributed by atoms with Crippen molar-refractivity contribution in [3.63, 3.8) is 0 Å². The van der Waals surface area contributed by atoms with Gasteiger partial charge in [0.25, 0.3) is 11.8 Å². The molecule has 0 radical (unpaired) electrons. The molecule has 9 heterocycles. The lowest BCUT2D eigenvalue weighted by molar-refractivity contribution is 0.0696. The molecule has 22 heteroatoms. The molecule has 0 unspecified atom stereocenters. The first-order chi connectivity index (χ1) is 47.0. The Labute approximate surface area is 574 Å². The first-order valence-electron chi connectivity index (χ1n) is 30.3. The summed E-state index contributed by atoms with van der Waals surface area (Å²) in [5.74, 6) is -2.47. The summed E-state index contributed by atoms with van der Waals surface area (Å²) < 4.78 is 41.7. The zero-order chi connectivity index (χ0) is 67.5. The normalized spacial score (nSPS) is 10.9. The Morgan fingerprint density at radius 1 is 0.408 bits per heavy atom. The highest BCUT2D eigenvalue weighted by Crippen LogP contribution is 2.26. The van der Waals surface area contributed by atoms with Gasteiger partial charge in [-0.1, -0.05) is 60.4 Å². The fourth-order valence-corrected chi connectivity index (χ4v) is 11.4. The van der Waals surface area contributed by atoms with Gasteiger partial charge in [-0.25, -0.2) is 18.0 Å². The zero-order valence-electron chi connectivity index (χ0n) is 51.2. The highest BCUT2D eigenvalue weighted by Gasteiger charge is 2.15. The summed E-state index contributed by atoms with van der Waals surface area (Å²) in [6.07, 6.45) is 16.5. The zero-order valence-corrected chi connectivity index (χ0v) is 53.5. The minimum atomic E-state index is -0.951. The molecule has 0 saturated heterocycles. The number of carbonyl (C=O) groups excluding carboxylic acids is 2. The summed E-state index contributed by atoms with van der Waals surface area (Å²) in [5.41, 5.74) is 18.2. The van der Waals surface area contributed by atoms with E-state index in [1.54, 1.807) is 98.1 Å². The van der Waals surface area contributed by atoms with Crippen LogP contribution in [0.2, 0.25) is 15.1 Å². The molecule has 0 aliphatic heterocycles. The molecular formula is C76H60Cl3F3N12O4. The number of nitrogens with two attached hydrogens (primary N) is 1. The van der Waals surface area contributed by atoms with Gasteiger partial charge in [0.1, 0.15) is 17.5 Å². The second-order valence-corrected chi connectivity index (χ2v) is 23.9. The second kappa shape index (κ2) is 31.0. The first kappa shape index (κ1) is 68.0. The van der Waals surface area contributed by atoms with Gasteiger partial charge in [-0.2, -0.15) is 0 Å². The van der Waals surface area contributed by atoms with Crippen LogP contribution in [0.1, 0.15) is 89.0 Å². The van der Waals surface area contributed by atoms with E-state index in [2.05, 4.69) is 55.5 Å². The average molecular weight is 1370 g/mol. The van der Waals surface area contributed by atoms with Crippen molar-refractivity contribution in [2.45, 2.75) is 46.3 Å². The third-order valence-electron chi connectivity index (χ3n) is 15.8. The Kier molecular flexibility index (Phi) is 21.5. The minimum absolute atomic E-state index is 0. The smallest absolute Gasteiger partial charge is 0.335 e. The van der Waals surface area contributed by atoms with E-state index in [0.29, 0.717) is 67.8 Å². The number of nitrogens with zero attached hydrogens (tertiary/aromatic N) is 6. The van der Waals surface area contributed by atoms with E-state index < -0.39 is 5.97 Å². The second-order valence-electron chi connectivity index (χ2n) is 22.6. The van der Waals surface area contributed by atoms with Gasteiger partial charge in [-0.3, -0.25) is 39.5 Å². The van der Waals surface area contributed by atoms with Crippen LogP contribution >= 0.6 is 34.8 Å². The van der Waals surface area contributed by atoms with Crippen LogP contribution in [0.3, 0.4) is 0 Å². The number of rotatable bonds is 14. The van der Waals surface area contributed by atoms with Gasteiger partial charge in [0.2, 0.25) is 0 Å². The average Bonchev–Trinajstić information content (AvgIpc) is 0.996. The van der Waals surface area contributed by atoms with E-state index in [-0.39, 0.29) is 61.9 Å². The predicted molar refractivity (Wildman–Crippen MR) is 380 cm³/mol. The van der Waals surface area contributed by atoms with Crippen molar-refractivity contribution in [1.29, 1.82) is 0 Å². The number of H-pyrrole nitrogens is 3. The topological polar surface area (TPSA) is 246 Å². The van der Waals surface area contributed by atoms with Crippen molar-refractivity contribution < 1.29 is 32.7 Å². The van der Waals surface area contributed by atoms with Crippen LogP contribution in [0.5, 0.6) is 0 Å². The highest BCUT2D eigenvalue weighted by atomic mass is 35.5. The Balaban J connectivity index is 0.000000139. The lowest BCUT2D eigenvalue weighted by Crippen LogP contribution is -2.23. The maximum atomic E-state index is 14.3. The van der Waals surface area contributed by atoms with Crippen molar-refractivity contribution in [1.82, 2.24) is 55.5 Å². The quantitative estimate of drug-likeness (QED) is 0.0540. The number of carbonyl (C=O) groups is 3. The van der Waals surface area contributed by atoms with Crippen molar-refractivity contribution >= 4 is 118 Å². The SMILES string of the molecule is C.NCc1cc2cc[nH]c2cc1F.O=C(NCc1cc2cc[nH]c2cc1F)c1ccnc(Cc2ccc3ncc(Cl)cc3c2)c1.O=C(NCc1cc2cc[nH]c2cc1F)c1ccnc(Cc2ccc3ncc(Cl)cc3c2)c1.O=C(O)c1ccnc(Cc2ccc3ncc(Cl)cc3c2)c1. The maximum Gasteiger partial charge on any atom is 0.335 e. The predicted octanol–water partition coefficient (Wildman–Crippen LogP) is 16.8. The number of amides is 2. The number of pyridine rings is 6. The van der Waals surface area contributed by atoms with Crippen LogP contribution in [0.25, 0.3) is 65.4 Å². The molecule has 0 atom stereocenters. The molecule has 0 fully saturated rings.